The SMILES string of the molecule is COc1ccc(OC)c(C(=O)Nc2cccc(C#Cc3cccs3)c2)c1. The Morgan fingerprint density at radius 1 is 1.00 bits per heavy atom. The number of nitrogens with one attached hydrogen (secondary N) is 1. The van der Waals surface area contributed by atoms with Crippen LogP contribution in [0, 0.1) is 11.8 Å². The van der Waals surface area contributed by atoms with Crippen LogP contribution in [0.2, 0.25) is 0 Å². The smallest absolute Gasteiger partial charge is 0.259 e. The number of benzene rings is 2. The minimum Gasteiger partial charge on any atom is -0.497 e. The molecule has 0 saturated carbocycles. The number of hydrogen-bond donors (Lipinski definition) is 1. The molecule has 0 bridgehead atoms. The summed E-state index contributed by atoms with van der Waals surface area (Å²) in [6, 6.07) is 16.5. The molecule has 0 aliphatic carbocycles. The number of carbonyl (C=O) groups is 1. The minimum absolute atomic E-state index is 0.274. The van der Waals surface area contributed by atoms with Crippen LogP contribution in [0.3, 0.4) is 0 Å². The number of anilines is 1. The van der Waals surface area contributed by atoms with Crippen LogP contribution < -0.4 is 14.8 Å². The van der Waals surface area contributed by atoms with Crippen LogP contribution in [-0.4, -0.2) is 20.1 Å². The Morgan fingerprint density at radius 2 is 1.88 bits per heavy atom. The van der Waals surface area contributed by atoms with Gasteiger partial charge in [-0.2, -0.15) is 0 Å². The zero-order chi connectivity index (χ0) is 18.4. The molecule has 2 aromatic carbocycles. The highest BCUT2D eigenvalue weighted by atomic mass is 32.1. The van der Waals surface area contributed by atoms with E-state index in [9.17, 15) is 4.79 Å². The molecule has 0 spiro atoms. The predicted octanol–water partition coefficient (Wildman–Crippen LogP) is 4.42. The highest BCUT2D eigenvalue weighted by Crippen LogP contribution is 2.25. The first kappa shape index (κ1) is 17.6. The molecule has 3 aromatic rings. The molecule has 4 nitrogen and oxygen atoms in total. The molecule has 0 fully saturated rings. The molecule has 0 unspecified atom stereocenters. The number of carbonyl (C=O) groups excluding carboxylic acids is 1. The summed E-state index contributed by atoms with van der Waals surface area (Å²) in [4.78, 5) is 13.6. The van der Waals surface area contributed by atoms with Crippen LogP contribution in [0.1, 0.15) is 20.8 Å². The normalized spacial score (nSPS) is 9.77. The Hall–Kier alpha value is -3.23. The molecule has 0 aliphatic heterocycles. The fraction of sp³-hybridized carbons (Fsp3) is 0.0952. The Balaban J connectivity index is 1.81. The molecule has 1 amide bonds. The van der Waals surface area contributed by atoms with Crippen molar-refractivity contribution in [2.24, 2.45) is 0 Å². The lowest BCUT2D eigenvalue weighted by Crippen LogP contribution is -2.13. The summed E-state index contributed by atoms with van der Waals surface area (Å²) in [5.74, 6) is 7.01. The second-order valence-corrected chi connectivity index (χ2v) is 6.28. The predicted molar refractivity (Wildman–Crippen MR) is 104 cm³/mol. The third kappa shape index (κ3) is 4.24. The van der Waals surface area contributed by atoms with Crippen LogP contribution in [0.5, 0.6) is 11.5 Å². The largest absolute Gasteiger partial charge is 0.497 e. The van der Waals surface area contributed by atoms with Crippen LogP contribution >= 0.6 is 11.3 Å². The topological polar surface area (TPSA) is 47.6 Å². The molecular weight excluding hydrogens is 346 g/mol. The second-order valence-electron chi connectivity index (χ2n) is 5.33. The Bertz CT molecular complexity index is 968. The summed E-state index contributed by atoms with van der Waals surface area (Å²) in [7, 11) is 3.08. The molecule has 26 heavy (non-hydrogen) atoms. The van der Waals surface area contributed by atoms with Gasteiger partial charge in [0.25, 0.3) is 5.91 Å². The van der Waals surface area contributed by atoms with E-state index in [0.717, 1.165) is 10.4 Å². The van der Waals surface area contributed by atoms with Crippen molar-refractivity contribution in [1.29, 1.82) is 0 Å². The van der Waals surface area contributed by atoms with Crippen LogP contribution in [0.15, 0.2) is 60.0 Å². The lowest BCUT2D eigenvalue weighted by atomic mass is 10.1. The number of methoxy groups -OCH3 is 2. The third-order valence-corrected chi connectivity index (χ3v) is 4.41. The number of hydrogen-bond acceptors (Lipinski definition) is 4. The van der Waals surface area contributed by atoms with Gasteiger partial charge in [0, 0.05) is 11.3 Å². The molecule has 130 valence electrons. The van der Waals surface area contributed by atoms with Crippen molar-refractivity contribution in [2.75, 3.05) is 19.5 Å². The summed E-state index contributed by atoms with van der Waals surface area (Å²) < 4.78 is 10.5. The maximum Gasteiger partial charge on any atom is 0.259 e. The molecule has 5 heteroatoms. The molecule has 0 saturated heterocycles. The van der Waals surface area contributed by atoms with Gasteiger partial charge in [-0.1, -0.05) is 24.0 Å². The van der Waals surface area contributed by atoms with Crippen molar-refractivity contribution in [3.05, 3.63) is 76.0 Å². The highest BCUT2D eigenvalue weighted by molar-refractivity contribution is 7.10. The van der Waals surface area contributed by atoms with Gasteiger partial charge in [0.05, 0.1) is 24.7 Å². The molecule has 0 radical (unpaired) electrons. The number of thiophene rings is 1. The molecule has 1 aromatic heterocycles. The van der Waals surface area contributed by atoms with Crippen molar-refractivity contribution in [2.45, 2.75) is 0 Å². The monoisotopic (exact) mass is 363 g/mol. The van der Waals surface area contributed by atoms with Crippen LogP contribution in [0.25, 0.3) is 0 Å². The van der Waals surface area contributed by atoms with Gasteiger partial charge in [-0.25, -0.2) is 0 Å². The van der Waals surface area contributed by atoms with E-state index in [4.69, 9.17) is 9.47 Å². The van der Waals surface area contributed by atoms with E-state index in [1.165, 1.54) is 7.11 Å². The van der Waals surface area contributed by atoms with E-state index >= 15 is 0 Å². The number of amides is 1. The maximum absolute atomic E-state index is 12.6. The van der Waals surface area contributed by atoms with Crippen molar-refractivity contribution in [3.63, 3.8) is 0 Å². The first-order valence-electron chi connectivity index (χ1n) is 7.88. The maximum atomic E-state index is 12.6. The number of ether oxygens (including phenoxy) is 2. The van der Waals surface area contributed by atoms with Gasteiger partial charge in [0.2, 0.25) is 0 Å². The zero-order valence-electron chi connectivity index (χ0n) is 14.4. The average molecular weight is 363 g/mol. The van der Waals surface area contributed by atoms with Crippen molar-refractivity contribution < 1.29 is 14.3 Å². The van der Waals surface area contributed by atoms with Crippen molar-refractivity contribution in [3.8, 4) is 23.3 Å². The van der Waals surface area contributed by atoms with E-state index in [1.807, 2.05) is 41.8 Å². The summed E-state index contributed by atoms with van der Waals surface area (Å²) >= 11 is 1.59. The first-order valence-corrected chi connectivity index (χ1v) is 8.76. The number of rotatable bonds is 4. The Morgan fingerprint density at radius 3 is 2.62 bits per heavy atom. The van der Waals surface area contributed by atoms with Gasteiger partial charge in [0.1, 0.15) is 11.5 Å². The quantitative estimate of drug-likeness (QED) is 0.698. The molecule has 1 N–H and O–H groups in total. The Labute approximate surface area is 156 Å². The minimum atomic E-state index is -0.274. The van der Waals surface area contributed by atoms with Gasteiger partial charge < -0.3 is 14.8 Å². The lowest BCUT2D eigenvalue weighted by molar-refractivity contribution is 0.102. The first-order chi connectivity index (χ1) is 12.7. The van der Waals surface area contributed by atoms with E-state index in [1.54, 1.807) is 36.6 Å². The van der Waals surface area contributed by atoms with E-state index < -0.39 is 0 Å². The molecule has 3 rings (SSSR count). The summed E-state index contributed by atoms with van der Waals surface area (Å²) in [5.41, 5.74) is 1.90. The third-order valence-electron chi connectivity index (χ3n) is 3.62. The van der Waals surface area contributed by atoms with E-state index in [2.05, 4.69) is 17.2 Å². The van der Waals surface area contributed by atoms with E-state index in [-0.39, 0.29) is 5.91 Å². The fourth-order valence-corrected chi connectivity index (χ4v) is 2.92. The fourth-order valence-electron chi connectivity index (χ4n) is 2.35. The van der Waals surface area contributed by atoms with Crippen LogP contribution in [0.4, 0.5) is 5.69 Å². The zero-order valence-corrected chi connectivity index (χ0v) is 15.2. The standard InChI is InChI=1S/C21H17NO3S/c1-24-17-9-11-20(25-2)19(14-17)21(23)22-16-6-3-5-15(13-16)8-10-18-7-4-12-26-18/h3-7,9,11-14H,1-2H3,(H,22,23). The lowest BCUT2D eigenvalue weighted by Gasteiger charge is -2.11. The van der Waals surface area contributed by atoms with Gasteiger partial charge >= 0.3 is 0 Å². The second kappa shape index (κ2) is 8.24. The molecular formula is C21H17NO3S. The van der Waals surface area contributed by atoms with Crippen LogP contribution in [-0.2, 0) is 0 Å². The Kier molecular flexibility index (Phi) is 5.57. The van der Waals surface area contributed by atoms with Gasteiger partial charge in [-0.05, 0) is 47.8 Å². The summed E-state index contributed by atoms with van der Waals surface area (Å²) in [6.45, 7) is 0. The van der Waals surface area contributed by atoms with Gasteiger partial charge in [-0.3, -0.25) is 4.79 Å². The molecule has 0 aliphatic rings. The van der Waals surface area contributed by atoms with Gasteiger partial charge in [0.15, 0.2) is 0 Å². The van der Waals surface area contributed by atoms with Crippen molar-refractivity contribution >= 4 is 22.9 Å². The summed E-state index contributed by atoms with van der Waals surface area (Å²) in [5, 5.41) is 4.87. The molecule has 1 heterocycles. The molecule has 0 atom stereocenters. The average Bonchev–Trinajstić information content (AvgIpc) is 3.19. The summed E-state index contributed by atoms with van der Waals surface area (Å²) in [6.07, 6.45) is 0. The van der Waals surface area contributed by atoms with Gasteiger partial charge in [-0.15, -0.1) is 11.3 Å². The van der Waals surface area contributed by atoms with Crippen molar-refractivity contribution in [1.82, 2.24) is 0 Å². The van der Waals surface area contributed by atoms with E-state index in [0.29, 0.717) is 22.7 Å². The highest BCUT2D eigenvalue weighted by Gasteiger charge is 2.14.